The van der Waals surface area contributed by atoms with Gasteiger partial charge in [-0.15, -0.1) is 23.5 Å². The van der Waals surface area contributed by atoms with Crippen molar-refractivity contribution >= 4 is 29.5 Å². The molecule has 0 radical (unpaired) electrons. The lowest BCUT2D eigenvalue weighted by Gasteiger charge is -2.35. The second-order valence-electron chi connectivity index (χ2n) is 4.03. The Hall–Kier alpha value is 0.170. The molecule has 0 amide bonds. The molecule has 0 aromatic rings. The molecule has 2 fully saturated rings. The molecule has 0 N–H and O–H groups in total. The van der Waals surface area contributed by atoms with E-state index in [9.17, 15) is 4.79 Å². The normalized spacial score (nSPS) is 39.9. The number of esters is 1. The van der Waals surface area contributed by atoms with Gasteiger partial charge in [-0.2, -0.15) is 0 Å². The van der Waals surface area contributed by atoms with Crippen LogP contribution in [0.1, 0.15) is 20.3 Å². The molecule has 3 atom stereocenters. The maximum Gasteiger partial charge on any atom is 0.306 e. The highest BCUT2D eigenvalue weighted by molar-refractivity contribution is 8.20. The molecular weight excluding hydrogens is 216 g/mol. The molecule has 4 heteroatoms. The van der Waals surface area contributed by atoms with Crippen molar-refractivity contribution in [2.45, 2.75) is 31.0 Å². The summed E-state index contributed by atoms with van der Waals surface area (Å²) in [6.45, 7) is 4.22. The standard InChI is InChI=1S/C10H16O2S2/c1-6-7(2)12-9(11)5-8(6)10-13-3-4-14-10/h6-8,10H,3-5H2,1-2H3. The summed E-state index contributed by atoms with van der Waals surface area (Å²) in [4.78, 5) is 11.3. The lowest BCUT2D eigenvalue weighted by molar-refractivity contribution is -0.160. The highest BCUT2D eigenvalue weighted by Gasteiger charge is 2.39. The number of cyclic esters (lactones) is 1. The number of carbonyl (C=O) groups is 1. The Balaban J connectivity index is 2.04. The Morgan fingerprint density at radius 3 is 2.57 bits per heavy atom. The fourth-order valence-electron chi connectivity index (χ4n) is 2.06. The maximum atomic E-state index is 11.3. The largest absolute Gasteiger partial charge is 0.462 e. The van der Waals surface area contributed by atoms with E-state index in [0.29, 0.717) is 22.8 Å². The third-order valence-electron chi connectivity index (χ3n) is 3.13. The Labute approximate surface area is 93.5 Å². The molecule has 2 aliphatic rings. The van der Waals surface area contributed by atoms with Crippen LogP contribution in [0.3, 0.4) is 0 Å². The van der Waals surface area contributed by atoms with E-state index in [-0.39, 0.29) is 12.1 Å². The van der Waals surface area contributed by atoms with Gasteiger partial charge in [0, 0.05) is 11.5 Å². The molecule has 0 aromatic carbocycles. The molecule has 3 unspecified atom stereocenters. The van der Waals surface area contributed by atoms with Gasteiger partial charge in [0.05, 0.1) is 11.0 Å². The van der Waals surface area contributed by atoms with Crippen molar-refractivity contribution in [2.24, 2.45) is 11.8 Å². The molecule has 2 saturated heterocycles. The van der Waals surface area contributed by atoms with Crippen LogP contribution in [0.2, 0.25) is 0 Å². The van der Waals surface area contributed by atoms with Gasteiger partial charge in [-0.05, 0) is 18.8 Å². The second kappa shape index (κ2) is 4.35. The van der Waals surface area contributed by atoms with E-state index in [2.05, 4.69) is 6.92 Å². The van der Waals surface area contributed by atoms with Gasteiger partial charge in [0.15, 0.2) is 0 Å². The molecular formula is C10H16O2S2. The van der Waals surface area contributed by atoms with Crippen LogP contribution in [-0.2, 0) is 9.53 Å². The second-order valence-corrected chi connectivity index (χ2v) is 6.83. The van der Waals surface area contributed by atoms with Crippen molar-refractivity contribution in [2.75, 3.05) is 11.5 Å². The summed E-state index contributed by atoms with van der Waals surface area (Å²) in [5.74, 6) is 3.50. The minimum atomic E-state index is -0.00583. The van der Waals surface area contributed by atoms with Gasteiger partial charge in [-0.3, -0.25) is 4.79 Å². The maximum absolute atomic E-state index is 11.3. The minimum Gasteiger partial charge on any atom is -0.462 e. The van der Waals surface area contributed by atoms with Crippen LogP contribution in [0.4, 0.5) is 0 Å². The van der Waals surface area contributed by atoms with Crippen molar-refractivity contribution in [3.8, 4) is 0 Å². The molecule has 0 aromatic heterocycles. The van der Waals surface area contributed by atoms with E-state index < -0.39 is 0 Å². The third kappa shape index (κ3) is 2.06. The zero-order chi connectivity index (χ0) is 10.1. The molecule has 0 saturated carbocycles. The summed E-state index contributed by atoms with van der Waals surface area (Å²) in [5.41, 5.74) is 0. The van der Waals surface area contributed by atoms with Gasteiger partial charge in [0.1, 0.15) is 6.10 Å². The fourth-order valence-corrected chi connectivity index (χ4v) is 5.44. The lowest BCUT2D eigenvalue weighted by atomic mass is 9.86. The van der Waals surface area contributed by atoms with E-state index in [0.717, 1.165) is 0 Å². The zero-order valence-corrected chi connectivity index (χ0v) is 10.2. The first kappa shape index (κ1) is 10.7. The predicted molar refractivity (Wildman–Crippen MR) is 61.5 cm³/mol. The van der Waals surface area contributed by atoms with E-state index in [1.165, 1.54) is 11.5 Å². The van der Waals surface area contributed by atoms with Crippen molar-refractivity contribution < 1.29 is 9.53 Å². The van der Waals surface area contributed by atoms with E-state index >= 15 is 0 Å². The van der Waals surface area contributed by atoms with Crippen molar-refractivity contribution in [3.63, 3.8) is 0 Å². The molecule has 2 heterocycles. The Bertz CT molecular complexity index is 224. The van der Waals surface area contributed by atoms with Crippen LogP contribution < -0.4 is 0 Å². The first-order valence-electron chi connectivity index (χ1n) is 5.11. The summed E-state index contributed by atoms with van der Waals surface area (Å²) in [6, 6.07) is 0. The average Bonchev–Trinajstić information content (AvgIpc) is 2.63. The van der Waals surface area contributed by atoms with E-state index in [4.69, 9.17) is 4.74 Å². The first-order chi connectivity index (χ1) is 6.68. The SMILES string of the molecule is CC1OC(=O)CC(C2SCCS2)C1C. The number of carbonyl (C=O) groups excluding carboxylic acids is 1. The third-order valence-corrected chi connectivity index (χ3v) is 6.44. The first-order valence-corrected chi connectivity index (χ1v) is 7.21. The summed E-state index contributed by atoms with van der Waals surface area (Å²) in [6.07, 6.45) is 0.721. The quantitative estimate of drug-likeness (QED) is 0.648. The highest BCUT2D eigenvalue weighted by Crippen LogP contribution is 2.44. The number of hydrogen-bond acceptors (Lipinski definition) is 4. The lowest BCUT2D eigenvalue weighted by Crippen LogP contribution is -2.39. The van der Waals surface area contributed by atoms with Crippen molar-refractivity contribution in [1.29, 1.82) is 0 Å². The highest BCUT2D eigenvalue weighted by atomic mass is 32.2. The predicted octanol–water partition coefficient (Wildman–Crippen LogP) is 2.38. The van der Waals surface area contributed by atoms with Crippen LogP contribution in [0.5, 0.6) is 0 Å². The average molecular weight is 232 g/mol. The molecule has 0 spiro atoms. The van der Waals surface area contributed by atoms with Gasteiger partial charge in [0.2, 0.25) is 0 Å². The number of ether oxygens (including phenoxy) is 1. The van der Waals surface area contributed by atoms with Crippen molar-refractivity contribution in [3.05, 3.63) is 0 Å². The van der Waals surface area contributed by atoms with Crippen LogP contribution in [-0.4, -0.2) is 28.2 Å². The Morgan fingerprint density at radius 1 is 1.29 bits per heavy atom. The number of thioether (sulfide) groups is 2. The van der Waals surface area contributed by atoms with Crippen LogP contribution in [0.25, 0.3) is 0 Å². The zero-order valence-electron chi connectivity index (χ0n) is 8.56. The van der Waals surface area contributed by atoms with Crippen molar-refractivity contribution in [1.82, 2.24) is 0 Å². The number of rotatable bonds is 1. The van der Waals surface area contributed by atoms with Crippen LogP contribution in [0.15, 0.2) is 0 Å². The fraction of sp³-hybridized carbons (Fsp3) is 0.900. The monoisotopic (exact) mass is 232 g/mol. The number of hydrogen-bond donors (Lipinski definition) is 0. The van der Waals surface area contributed by atoms with Crippen LogP contribution >= 0.6 is 23.5 Å². The van der Waals surface area contributed by atoms with Crippen LogP contribution in [0, 0.1) is 11.8 Å². The van der Waals surface area contributed by atoms with Gasteiger partial charge < -0.3 is 4.74 Å². The van der Waals surface area contributed by atoms with Gasteiger partial charge >= 0.3 is 5.97 Å². The van der Waals surface area contributed by atoms with E-state index in [1.807, 2.05) is 30.4 Å². The minimum absolute atomic E-state index is 0.00583. The molecule has 14 heavy (non-hydrogen) atoms. The molecule has 0 aliphatic carbocycles. The molecule has 2 nitrogen and oxygen atoms in total. The summed E-state index contributed by atoms with van der Waals surface area (Å²) in [5, 5.41) is 0. The molecule has 80 valence electrons. The Morgan fingerprint density at radius 2 is 1.93 bits per heavy atom. The Kier molecular flexibility index (Phi) is 3.32. The smallest absolute Gasteiger partial charge is 0.306 e. The molecule has 2 aliphatic heterocycles. The van der Waals surface area contributed by atoms with E-state index in [1.54, 1.807) is 0 Å². The van der Waals surface area contributed by atoms with Gasteiger partial charge in [0.25, 0.3) is 0 Å². The van der Waals surface area contributed by atoms with Gasteiger partial charge in [-0.1, -0.05) is 6.92 Å². The van der Waals surface area contributed by atoms with Gasteiger partial charge in [-0.25, -0.2) is 0 Å². The topological polar surface area (TPSA) is 26.3 Å². The molecule has 2 rings (SSSR count). The summed E-state index contributed by atoms with van der Waals surface area (Å²) >= 11 is 4.02. The summed E-state index contributed by atoms with van der Waals surface area (Å²) in [7, 11) is 0. The summed E-state index contributed by atoms with van der Waals surface area (Å²) < 4.78 is 5.86. The molecule has 0 bridgehead atoms.